The molecule has 15 heteroatoms. The van der Waals surface area contributed by atoms with Gasteiger partial charge in [0.05, 0.1) is 28.2 Å². The highest BCUT2D eigenvalue weighted by Gasteiger charge is 2.39. The first kappa shape index (κ1) is 23.8. The van der Waals surface area contributed by atoms with Gasteiger partial charge in [-0.15, -0.1) is 0 Å². The van der Waals surface area contributed by atoms with E-state index in [4.69, 9.17) is 5.73 Å². The Morgan fingerprint density at radius 3 is 2.34 bits per heavy atom. The lowest BCUT2D eigenvalue weighted by Crippen LogP contribution is -2.17. The van der Waals surface area contributed by atoms with Gasteiger partial charge in [-0.1, -0.05) is 0 Å². The van der Waals surface area contributed by atoms with Crippen LogP contribution in [0.5, 0.6) is 0 Å². The first-order valence-electron chi connectivity index (χ1n) is 9.72. The zero-order valence-electron chi connectivity index (χ0n) is 17.6. The Labute approximate surface area is 192 Å². The van der Waals surface area contributed by atoms with Crippen molar-refractivity contribution in [3.63, 3.8) is 0 Å². The van der Waals surface area contributed by atoms with E-state index in [1.165, 1.54) is 29.3 Å². The molecule has 35 heavy (non-hydrogen) atoms. The molecule has 4 aromatic rings. The van der Waals surface area contributed by atoms with Gasteiger partial charge in [-0.05, 0) is 31.2 Å². The first-order chi connectivity index (χ1) is 16.4. The summed E-state index contributed by atoms with van der Waals surface area (Å²) >= 11 is 0. The molecule has 0 aliphatic rings. The minimum atomic E-state index is -5.08. The van der Waals surface area contributed by atoms with Gasteiger partial charge in [0.2, 0.25) is 5.91 Å². The number of nitrogens with zero attached hydrogens (tertiary/aromatic N) is 6. The lowest BCUT2D eigenvalue weighted by atomic mass is 10.0. The van der Waals surface area contributed by atoms with E-state index in [-0.39, 0.29) is 29.1 Å². The van der Waals surface area contributed by atoms with E-state index in [1.807, 2.05) is 0 Å². The van der Waals surface area contributed by atoms with Crippen LogP contribution in [0.2, 0.25) is 0 Å². The number of aromatic nitrogens is 6. The molecule has 0 fully saturated rings. The van der Waals surface area contributed by atoms with E-state index in [2.05, 4.69) is 30.4 Å². The van der Waals surface area contributed by atoms with Gasteiger partial charge in [0.25, 0.3) is 0 Å². The Bertz CT molecular complexity index is 1400. The number of anilines is 1. The SMILES string of the molecule is C[C@H](Nc1ncnc2c(C(F)(F)F)cc(C(F)(F)F)cc12)c1ncnn1-c1ccc(C(N)=O)cn1. The van der Waals surface area contributed by atoms with Crippen LogP contribution in [0.3, 0.4) is 0 Å². The minimum absolute atomic E-state index is 0.0145. The summed E-state index contributed by atoms with van der Waals surface area (Å²) in [6.07, 6.45) is -6.90. The van der Waals surface area contributed by atoms with Gasteiger partial charge in [0.1, 0.15) is 18.5 Å². The Kier molecular flexibility index (Phi) is 5.78. The summed E-state index contributed by atoms with van der Waals surface area (Å²) < 4.78 is 81.8. The number of carbonyl (C=O) groups excluding carboxylic acids is 1. The van der Waals surface area contributed by atoms with Crippen molar-refractivity contribution in [1.82, 2.24) is 29.7 Å². The molecule has 9 nitrogen and oxygen atoms in total. The number of fused-ring (bicyclic) bond motifs is 1. The number of halogens is 6. The fourth-order valence-electron chi connectivity index (χ4n) is 3.31. The molecule has 4 rings (SSSR count). The van der Waals surface area contributed by atoms with E-state index in [0.717, 1.165) is 6.33 Å². The van der Waals surface area contributed by atoms with E-state index in [9.17, 15) is 31.1 Å². The van der Waals surface area contributed by atoms with Crippen molar-refractivity contribution < 1.29 is 31.1 Å². The second kappa shape index (κ2) is 8.48. The zero-order chi connectivity index (χ0) is 25.5. The highest BCUT2D eigenvalue weighted by Crippen LogP contribution is 2.40. The molecule has 3 aromatic heterocycles. The fourth-order valence-corrected chi connectivity index (χ4v) is 3.31. The molecular weight excluding hydrogens is 482 g/mol. The van der Waals surface area contributed by atoms with Gasteiger partial charge in [0, 0.05) is 11.6 Å². The molecule has 182 valence electrons. The molecule has 0 saturated carbocycles. The molecule has 0 radical (unpaired) electrons. The van der Waals surface area contributed by atoms with Crippen LogP contribution in [0.25, 0.3) is 16.7 Å². The third-order valence-electron chi connectivity index (χ3n) is 4.94. The smallest absolute Gasteiger partial charge is 0.366 e. The van der Waals surface area contributed by atoms with Crippen LogP contribution in [-0.2, 0) is 12.4 Å². The Hall–Kier alpha value is -4.30. The van der Waals surface area contributed by atoms with Crippen LogP contribution >= 0.6 is 0 Å². The number of carbonyl (C=O) groups is 1. The molecule has 0 bridgehead atoms. The topological polar surface area (TPSA) is 125 Å². The Morgan fingerprint density at radius 1 is 1.00 bits per heavy atom. The summed E-state index contributed by atoms with van der Waals surface area (Å²) in [5, 5.41) is 6.33. The standard InChI is InChI=1S/C20H14F6N8O/c1-9(18-31-8-32-34(18)14-3-2-10(6-28-14)16(27)35)33-17-12-4-11(19(21,22)23)5-13(20(24,25)26)15(12)29-7-30-17/h2-9H,1H3,(H2,27,35)(H,29,30,33)/t9-/m0/s1. The molecule has 1 aromatic carbocycles. The molecule has 0 aliphatic carbocycles. The van der Waals surface area contributed by atoms with Crippen molar-refractivity contribution in [2.24, 2.45) is 5.73 Å². The average molecular weight is 496 g/mol. The average Bonchev–Trinajstić information content (AvgIpc) is 3.27. The number of hydrogen-bond acceptors (Lipinski definition) is 7. The van der Waals surface area contributed by atoms with Crippen LogP contribution in [0, 0.1) is 0 Å². The number of benzene rings is 1. The number of rotatable bonds is 5. The van der Waals surface area contributed by atoms with E-state index >= 15 is 0 Å². The van der Waals surface area contributed by atoms with Gasteiger partial charge < -0.3 is 11.1 Å². The van der Waals surface area contributed by atoms with Crippen molar-refractivity contribution in [3.8, 4) is 5.82 Å². The van der Waals surface area contributed by atoms with E-state index in [0.29, 0.717) is 6.07 Å². The van der Waals surface area contributed by atoms with Gasteiger partial charge in [-0.2, -0.15) is 36.1 Å². The lowest BCUT2D eigenvalue weighted by molar-refractivity contribution is -0.142. The van der Waals surface area contributed by atoms with Crippen molar-refractivity contribution in [3.05, 3.63) is 65.6 Å². The highest BCUT2D eigenvalue weighted by molar-refractivity contribution is 5.93. The quantitative estimate of drug-likeness (QED) is 0.402. The number of nitrogens with one attached hydrogen (secondary N) is 1. The predicted molar refractivity (Wildman–Crippen MR) is 109 cm³/mol. The number of primary amides is 1. The highest BCUT2D eigenvalue weighted by atomic mass is 19.4. The summed E-state index contributed by atoms with van der Waals surface area (Å²) in [5.74, 6) is -0.516. The van der Waals surface area contributed by atoms with Crippen molar-refractivity contribution in [2.75, 3.05) is 5.32 Å². The number of pyridine rings is 1. The molecule has 0 spiro atoms. The predicted octanol–water partition coefficient (Wildman–Crippen LogP) is 3.92. The zero-order valence-corrected chi connectivity index (χ0v) is 17.6. The summed E-state index contributed by atoms with van der Waals surface area (Å²) in [7, 11) is 0. The number of alkyl halides is 6. The van der Waals surface area contributed by atoms with Gasteiger partial charge in [0.15, 0.2) is 11.6 Å². The molecule has 1 atom stereocenters. The normalized spacial score (nSPS) is 13.1. The molecule has 0 saturated heterocycles. The molecule has 1 amide bonds. The van der Waals surface area contributed by atoms with Crippen molar-refractivity contribution in [2.45, 2.75) is 25.3 Å². The lowest BCUT2D eigenvalue weighted by Gasteiger charge is -2.18. The first-order valence-corrected chi connectivity index (χ1v) is 9.72. The molecule has 3 heterocycles. The van der Waals surface area contributed by atoms with E-state index in [1.54, 1.807) is 6.92 Å². The van der Waals surface area contributed by atoms with Crippen molar-refractivity contribution in [1.29, 1.82) is 0 Å². The molecule has 3 N–H and O–H groups in total. The molecular formula is C20H14F6N8O. The van der Waals surface area contributed by atoms with Gasteiger partial charge in [-0.3, -0.25) is 4.79 Å². The Balaban J connectivity index is 1.76. The fraction of sp³-hybridized carbons (Fsp3) is 0.200. The summed E-state index contributed by atoms with van der Waals surface area (Å²) in [4.78, 5) is 26.8. The number of hydrogen-bond donors (Lipinski definition) is 2. The second-order valence-corrected chi connectivity index (χ2v) is 7.30. The van der Waals surface area contributed by atoms with Crippen molar-refractivity contribution >= 4 is 22.6 Å². The maximum absolute atomic E-state index is 13.5. The summed E-state index contributed by atoms with van der Waals surface area (Å²) in [6.45, 7) is 1.55. The maximum atomic E-state index is 13.5. The summed E-state index contributed by atoms with van der Waals surface area (Å²) in [5.41, 5.74) is 1.61. The summed E-state index contributed by atoms with van der Waals surface area (Å²) in [6, 6.07) is 2.60. The van der Waals surface area contributed by atoms with Crippen LogP contribution in [0.1, 0.15) is 40.3 Å². The van der Waals surface area contributed by atoms with Crippen LogP contribution in [-0.4, -0.2) is 35.6 Å². The Morgan fingerprint density at radius 2 is 1.74 bits per heavy atom. The van der Waals surface area contributed by atoms with Crippen LogP contribution in [0.4, 0.5) is 32.2 Å². The molecule has 0 aliphatic heterocycles. The largest absolute Gasteiger partial charge is 0.418 e. The van der Waals surface area contributed by atoms with E-state index < -0.39 is 46.3 Å². The third-order valence-corrected chi connectivity index (χ3v) is 4.94. The monoisotopic (exact) mass is 496 g/mol. The molecule has 0 unspecified atom stereocenters. The third kappa shape index (κ3) is 4.69. The van der Waals surface area contributed by atoms with Crippen LogP contribution < -0.4 is 11.1 Å². The maximum Gasteiger partial charge on any atom is 0.418 e. The van der Waals surface area contributed by atoms with Crippen LogP contribution in [0.15, 0.2) is 43.1 Å². The van der Waals surface area contributed by atoms with Gasteiger partial charge >= 0.3 is 12.4 Å². The minimum Gasteiger partial charge on any atom is -0.366 e. The number of amides is 1. The number of nitrogens with two attached hydrogens (primary N) is 1. The van der Waals surface area contributed by atoms with Gasteiger partial charge in [-0.25, -0.2) is 19.9 Å². The second-order valence-electron chi connectivity index (χ2n) is 7.30.